The highest BCUT2D eigenvalue weighted by Gasteiger charge is 2.33. The number of hydrogen-bond acceptors (Lipinski definition) is 5. The molecule has 0 amide bonds. The van der Waals surface area contributed by atoms with Crippen LogP contribution in [-0.4, -0.2) is 31.3 Å². The Morgan fingerprint density at radius 1 is 0.769 bits per heavy atom. The minimum absolute atomic E-state index is 0.0944. The number of carbonyl (C=O) groups excluding carboxylic acids is 2. The van der Waals surface area contributed by atoms with Gasteiger partial charge in [-0.05, 0) is 19.1 Å². The molecule has 0 aliphatic heterocycles. The fourth-order valence-corrected chi connectivity index (χ4v) is 3.27. The zero-order valence-electron chi connectivity index (χ0n) is 13.8. The smallest absolute Gasteiger partial charge is 0.254 e. The third kappa shape index (κ3) is 1.89. The SMILES string of the molecule is Cc1nn(-c2ccccc2)c2nc3c(nc12)C(=O)C(=O)c1ccccc1-3. The van der Waals surface area contributed by atoms with E-state index >= 15 is 0 Å². The molecule has 0 N–H and O–H groups in total. The van der Waals surface area contributed by atoms with Crippen LogP contribution in [0.5, 0.6) is 0 Å². The number of nitrogens with zero attached hydrogens (tertiary/aromatic N) is 4. The summed E-state index contributed by atoms with van der Waals surface area (Å²) in [6.07, 6.45) is 0. The van der Waals surface area contributed by atoms with Gasteiger partial charge in [0.2, 0.25) is 5.78 Å². The summed E-state index contributed by atoms with van der Waals surface area (Å²) in [6.45, 7) is 1.81. The monoisotopic (exact) mass is 340 g/mol. The van der Waals surface area contributed by atoms with Gasteiger partial charge in [-0.25, -0.2) is 14.6 Å². The average molecular weight is 340 g/mol. The van der Waals surface area contributed by atoms with E-state index in [2.05, 4.69) is 10.1 Å². The Bertz CT molecular complexity index is 1230. The Kier molecular flexibility index (Phi) is 2.91. The Morgan fingerprint density at radius 3 is 2.23 bits per heavy atom. The molecule has 6 nitrogen and oxygen atoms in total. The molecular formula is C20H12N4O2. The summed E-state index contributed by atoms with van der Waals surface area (Å²) in [5, 5.41) is 4.53. The molecule has 0 bridgehead atoms. The van der Waals surface area contributed by atoms with Crippen LogP contribution in [-0.2, 0) is 0 Å². The first-order chi connectivity index (χ1) is 12.6. The van der Waals surface area contributed by atoms with E-state index in [1.165, 1.54) is 0 Å². The van der Waals surface area contributed by atoms with E-state index < -0.39 is 11.6 Å². The first kappa shape index (κ1) is 14.7. The van der Waals surface area contributed by atoms with Crippen LogP contribution in [0.4, 0.5) is 0 Å². The second-order valence-corrected chi connectivity index (χ2v) is 6.13. The van der Waals surface area contributed by atoms with Gasteiger partial charge in [0.1, 0.15) is 16.9 Å². The van der Waals surface area contributed by atoms with Gasteiger partial charge >= 0.3 is 0 Å². The molecule has 0 saturated carbocycles. The lowest BCUT2D eigenvalue weighted by Crippen LogP contribution is -2.23. The molecule has 0 saturated heterocycles. The predicted octanol–water partition coefficient (Wildman–Crippen LogP) is 3.17. The van der Waals surface area contributed by atoms with Crippen molar-refractivity contribution in [2.75, 3.05) is 0 Å². The Labute approximate surface area is 148 Å². The number of hydrogen-bond donors (Lipinski definition) is 0. The van der Waals surface area contributed by atoms with E-state index in [-0.39, 0.29) is 5.69 Å². The second-order valence-electron chi connectivity index (χ2n) is 6.13. The molecule has 0 unspecified atom stereocenters. The molecule has 26 heavy (non-hydrogen) atoms. The summed E-state index contributed by atoms with van der Waals surface area (Å²) < 4.78 is 1.71. The van der Waals surface area contributed by atoms with Crippen molar-refractivity contribution in [2.24, 2.45) is 0 Å². The van der Waals surface area contributed by atoms with Crippen molar-refractivity contribution in [3.8, 4) is 16.9 Å². The van der Waals surface area contributed by atoms with Gasteiger partial charge < -0.3 is 0 Å². The van der Waals surface area contributed by atoms with E-state index in [0.717, 1.165) is 5.69 Å². The van der Waals surface area contributed by atoms with E-state index in [1.807, 2.05) is 43.3 Å². The van der Waals surface area contributed by atoms with E-state index in [0.29, 0.717) is 33.7 Å². The Hall–Kier alpha value is -3.67. The quantitative estimate of drug-likeness (QED) is 0.497. The lowest BCUT2D eigenvalue weighted by molar-refractivity contribution is 0.0812. The molecule has 0 atom stereocenters. The van der Waals surface area contributed by atoms with Crippen LogP contribution < -0.4 is 0 Å². The lowest BCUT2D eigenvalue weighted by Gasteiger charge is -2.16. The van der Waals surface area contributed by atoms with Crippen molar-refractivity contribution < 1.29 is 9.59 Å². The summed E-state index contributed by atoms with van der Waals surface area (Å²) in [4.78, 5) is 34.1. The number of aryl methyl sites for hydroxylation is 1. The van der Waals surface area contributed by atoms with Crippen molar-refractivity contribution >= 4 is 22.7 Å². The molecule has 0 fully saturated rings. The van der Waals surface area contributed by atoms with Gasteiger partial charge in [0, 0.05) is 11.1 Å². The van der Waals surface area contributed by atoms with Crippen molar-refractivity contribution in [1.29, 1.82) is 0 Å². The van der Waals surface area contributed by atoms with E-state index in [1.54, 1.807) is 22.9 Å². The first-order valence-electron chi connectivity index (χ1n) is 8.16. The van der Waals surface area contributed by atoms with Crippen molar-refractivity contribution in [1.82, 2.24) is 19.7 Å². The molecule has 124 valence electrons. The summed E-state index contributed by atoms with van der Waals surface area (Å²) in [6, 6.07) is 16.6. The fraction of sp³-hybridized carbons (Fsp3) is 0.0500. The largest absolute Gasteiger partial charge is 0.285 e. The van der Waals surface area contributed by atoms with Crippen molar-refractivity contribution in [2.45, 2.75) is 6.92 Å². The molecule has 2 heterocycles. The molecule has 1 aliphatic carbocycles. The van der Waals surface area contributed by atoms with E-state index in [4.69, 9.17) is 4.98 Å². The van der Waals surface area contributed by atoms with Gasteiger partial charge in [-0.15, -0.1) is 0 Å². The van der Waals surface area contributed by atoms with Crippen molar-refractivity contribution in [3.05, 3.63) is 71.5 Å². The highest BCUT2D eigenvalue weighted by Crippen LogP contribution is 2.33. The standard InChI is InChI=1S/C20H12N4O2/c1-11-15-20(24(23-11)12-7-3-2-4-8-12)22-16-13-9-5-6-10-14(13)18(25)19(26)17(16)21-15/h2-10H,1H3. The summed E-state index contributed by atoms with van der Waals surface area (Å²) >= 11 is 0. The van der Waals surface area contributed by atoms with Gasteiger partial charge in [-0.2, -0.15) is 5.10 Å². The number of carbonyl (C=O) groups is 2. The van der Waals surface area contributed by atoms with Crippen LogP contribution in [0.2, 0.25) is 0 Å². The number of Topliss-reactive ketones (excluding diaryl/α,β-unsaturated/α-hetero) is 2. The minimum atomic E-state index is -0.625. The van der Waals surface area contributed by atoms with Crippen molar-refractivity contribution in [3.63, 3.8) is 0 Å². The molecule has 5 rings (SSSR count). The third-order valence-electron chi connectivity index (χ3n) is 4.52. The Balaban J connectivity index is 1.87. The summed E-state index contributed by atoms with van der Waals surface area (Å²) in [5.74, 6) is -1.17. The number of fused-ring (bicyclic) bond motifs is 4. The minimum Gasteiger partial charge on any atom is -0.285 e. The second kappa shape index (κ2) is 5.16. The van der Waals surface area contributed by atoms with E-state index in [9.17, 15) is 9.59 Å². The molecule has 1 aliphatic rings. The molecule has 0 radical (unpaired) electrons. The molecule has 2 aromatic heterocycles. The average Bonchev–Trinajstić information content (AvgIpc) is 3.02. The highest BCUT2D eigenvalue weighted by atomic mass is 16.2. The zero-order chi connectivity index (χ0) is 17.8. The molecule has 0 spiro atoms. The maximum absolute atomic E-state index is 12.5. The molecule has 2 aromatic carbocycles. The summed E-state index contributed by atoms with van der Waals surface area (Å²) in [5.41, 5.74) is 4.09. The number of rotatable bonds is 1. The van der Waals surface area contributed by atoms with Crippen LogP contribution >= 0.6 is 0 Å². The zero-order valence-corrected chi connectivity index (χ0v) is 13.8. The van der Waals surface area contributed by atoms with Gasteiger partial charge in [-0.1, -0.05) is 42.5 Å². The lowest BCUT2D eigenvalue weighted by atomic mass is 9.90. The number of benzene rings is 2. The van der Waals surface area contributed by atoms with Crippen LogP contribution in [0.25, 0.3) is 28.1 Å². The highest BCUT2D eigenvalue weighted by molar-refractivity contribution is 6.52. The predicted molar refractivity (Wildman–Crippen MR) is 95.5 cm³/mol. The number of ketones is 2. The number of para-hydroxylation sites is 1. The van der Waals surface area contributed by atoms with Crippen LogP contribution in [0.3, 0.4) is 0 Å². The molecular weight excluding hydrogens is 328 g/mol. The topological polar surface area (TPSA) is 77.7 Å². The van der Waals surface area contributed by atoms with Gasteiger partial charge in [0.15, 0.2) is 5.65 Å². The molecule has 4 aromatic rings. The maximum atomic E-state index is 12.5. The Morgan fingerprint density at radius 2 is 1.46 bits per heavy atom. The number of aromatic nitrogens is 4. The van der Waals surface area contributed by atoms with Crippen LogP contribution in [0, 0.1) is 6.92 Å². The van der Waals surface area contributed by atoms with Gasteiger partial charge in [0.25, 0.3) is 5.78 Å². The van der Waals surface area contributed by atoms with Crippen LogP contribution in [0.1, 0.15) is 26.5 Å². The molecule has 6 heteroatoms. The van der Waals surface area contributed by atoms with Crippen LogP contribution in [0.15, 0.2) is 54.6 Å². The normalized spacial score (nSPS) is 13.0. The first-order valence-corrected chi connectivity index (χ1v) is 8.16. The maximum Gasteiger partial charge on any atom is 0.254 e. The van der Waals surface area contributed by atoms with Gasteiger partial charge in [-0.3, -0.25) is 9.59 Å². The third-order valence-corrected chi connectivity index (χ3v) is 4.52. The van der Waals surface area contributed by atoms with Gasteiger partial charge in [0.05, 0.1) is 11.4 Å². The fourth-order valence-electron chi connectivity index (χ4n) is 3.27. The summed E-state index contributed by atoms with van der Waals surface area (Å²) in [7, 11) is 0.